The number of carbonyl (C=O) groups excluding carboxylic acids is 3. The van der Waals surface area contributed by atoms with Crippen molar-refractivity contribution < 1.29 is 44.1 Å². The molecule has 0 spiro atoms. The van der Waals surface area contributed by atoms with Gasteiger partial charge in [0.2, 0.25) is 17.7 Å². The smallest absolute Gasteiger partial charge is 0.326 e. The number of aromatic nitrogens is 3. The molecule has 0 aliphatic carbocycles. The van der Waals surface area contributed by atoms with Gasteiger partial charge in [-0.3, -0.25) is 24.0 Å². The number of nitrogens with one attached hydrogen (secondary N) is 5. The number of amides is 3. The van der Waals surface area contributed by atoms with E-state index in [0.29, 0.717) is 11.3 Å². The minimum absolute atomic E-state index is 0.106. The molecule has 42 heavy (non-hydrogen) atoms. The summed E-state index contributed by atoms with van der Waals surface area (Å²) in [6.45, 7) is 0. The number of hydrogen-bond donors (Lipinski definition) is 9. The van der Waals surface area contributed by atoms with E-state index in [9.17, 15) is 39.0 Å². The lowest BCUT2D eigenvalue weighted by Crippen LogP contribution is -2.58. The molecule has 2 heterocycles. The maximum Gasteiger partial charge on any atom is 0.326 e. The van der Waals surface area contributed by atoms with E-state index in [1.807, 2.05) is 0 Å². The molecule has 3 amide bonds. The Balaban J connectivity index is 1.78. The number of carboxylic acids is 3. The largest absolute Gasteiger partial charge is 0.481 e. The summed E-state index contributed by atoms with van der Waals surface area (Å²) in [6, 6.07) is 1.40. The molecule has 4 atom stereocenters. The van der Waals surface area contributed by atoms with Crippen LogP contribution in [0.15, 0.2) is 43.0 Å². The third-order valence-electron chi connectivity index (χ3n) is 6.34. The first-order valence-corrected chi connectivity index (χ1v) is 12.8. The van der Waals surface area contributed by atoms with Crippen molar-refractivity contribution >= 4 is 46.5 Å². The summed E-state index contributed by atoms with van der Waals surface area (Å²) in [5.41, 5.74) is 7.39. The van der Waals surface area contributed by atoms with Crippen LogP contribution in [0.3, 0.4) is 0 Å². The van der Waals surface area contributed by atoms with E-state index in [1.54, 1.807) is 30.5 Å². The molecule has 3 aromatic rings. The van der Waals surface area contributed by atoms with E-state index in [2.05, 4.69) is 30.9 Å². The summed E-state index contributed by atoms with van der Waals surface area (Å²) in [4.78, 5) is 82.8. The number of carbonyl (C=O) groups is 6. The van der Waals surface area contributed by atoms with Crippen LogP contribution in [0.2, 0.25) is 0 Å². The predicted octanol–water partition coefficient (Wildman–Crippen LogP) is -1.12. The predicted molar refractivity (Wildman–Crippen MR) is 145 cm³/mol. The van der Waals surface area contributed by atoms with Gasteiger partial charge in [-0.15, -0.1) is 0 Å². The van der Waals surface area contributed by atoms with Gasteiger partial charge in [0.05, 0.1) is 18.8 Å². The highest BCUT2D eigenvalue weighted by molar-refractivity contribution is 5.95. The molecule has 0 fully saturated rings. The first-order chi connectivity index (χ1) is 19.9. The van der Waals surface area contributed by atoms with E-state index in [4.69, 9.17) is 10.8 Å². The Kier molecular flexibility index (Phi) is 10.7. The molecular formula is C26H31N7O9. The van der Waals surface area contributed by atoms with E-state index in [0.717, 1.165) is 10.9 Å². The number of rotatable bonds is 16. The molecule has 0 aliphatic heterocycles. The van der Waals surface area contributed by atoms with Gasteiger partial charge in [-0.2, -0.15) is 0 Å². The van der Waals surface area contributed by atoms with E-state index < -0.39 is 79.1 Å². The Labute approximate surface area is 238 Å². The number of para-hydroxylation sites is 1. The quantitative estimate of drug-likeness (QED) is 0.0971. The maximum atomic E-state index is 13.3. The van der Waals surface area contributed by atoms with Crippen LogP contribution >= 0.6 is 0 Å². The van der Waals surface area contributed by atoms with Crippen molar-refractivity contribution in [3.63, 3.8) is 0 Å². The highest BCUT2D eigenvalue weighted by Gasteiger charge is 2.31. The van der Waals surface area contributed by atoms with Gasteiger partial charge in [0, 0.05) is 48.3 Å². The summed E-state index contributed by atoms with van der Waals surface area (Å²) in [6.07, 6.45) is 2.41. The molecule has 224 valence electrons. The second-order valence-corrected chi connectivity index (χ2v) is 9.50. The van der Waals surface area contributed by atoms with E-state index in [1.165, 1.54) is 12.5 Å². The van der Waals surface area contributed by atoms with Crippen molar-refractivity contribution in [2.45, 2.75) is 56.3 Å². The highest BCUT2D eigenvalue weighted by Crippen LogP contribution is 2.19. The van der Waals surface area contributed by atoms with Crippen LogP contribution in [-0.2, 0) is 41.6 Å². The second-order valence-electron chi connectivity index (χ2n) is 9.50. The van der Waals surface area contributed by atoms with Crippen LogP contribution in [-0.4, -0.2) is 90.1 Å². The van der Waals surface area contributed by atoms with Crippen molar-refractivity contribution in [3.05, 3.63) is 54.2 Å². The number of hydrogen-bond acceptors (Lipinski definition) is 8. The van der Waals surface area contributed by atoms with Crippen molar-refractivity contribution in [1.29, 1.82) is 0 Å². The van der Waals surface area contributed by atoms with Crippen LogP contribution < -0.4 is 21.7 Å². The van der Waals surface area contributed by atoms with Gasteiger partial charge in [-0.25, -0.2) is 9.78 Å². The molecule has 1 aromatic carbocycles. The number of carboxylic acid groups (broad SMARTS) is 3. The van der Waals surface area contributed by atoms with Crippen LogP contribution in [0.25, 0.3) is 10.9 Å². The van der Waals surface area contributed by atoms with Gasteiger partial charge < -0.3 is 47.0 Å². The van der Waals surface area contributed by atoms with Gasteiger partial charge in [-0.1, -0.05) is 18.2 Å². The van der Waals surface area contributed by atoms with E-state index >= 15 is 0 Å². The minimum Gasteiger partial charge on any atom is -0.481 e. The Morgan fingerprint density at radius 3 is 2.14 bits per heavy atom. The van der Waals surface area contributed by atoms with Crippen molar-refractivity contribution in [1.82, 2.24) is 30.9 Å². The van der Waals surface area contributed by atoms with Crippen molar-refractivity contribution in [3.8, 4) is 0 Å². The molecular weight excluding hydrogens is 554 g/mol. The van der Waals surface area contributed by atoms with Crippen LogP contribution in [0.5, 0.6) is 0 Å². The summed E-state index contributed by atoms with van der Waals surface area (Å²) >= 11 is 0. The number of benzene rings is 1. The molecule has 16 nitrogen and oxygen atoms in total. The zero-order valence-corrected chi connectivity index (χ0v) is 22.2. The first-order valence-electron chi connectivity index (χ1n) is 12.8. The molecule has 10 N–H and O–H groups in total. The van der Waals surface area contributed by atoms with E-state index in [-0.39, 0.29) is 12.8 Å². The maximum absolute atomic E-state index is 13.3. The Bertz CT molecular complexity index is 1440. The van der Waals surface area contributed by atoms with Crippen LogP contribution in [0, 0.1) is 0 Å². The lowest BCUT2D eigenvalue weighted by Gasteiger charge is -2.25. The first kappa shape index (κ1) is 31.3. The fourth-order valence-corrected chi connectivity index (χ4v) is 4.19. The minimum atomic E-state index is -1.49. The topological polar surface area (TPSA) is 270 Å². The molecule has 16 heteroatoms. The number of nitrogens with zero attached hydrogens (tertiary/aromatic N) is 1. The molecule has 0 aliphatic rings. The molecule has 0 bridgehead atoms. The monoisotopic (exact) mass is 585 g/mol. The fraction of sp³-hybridized carbons (Fsp3) is 0.346. The molecule has 0 saturated heterocycles. The molecule has 3 rings (SSSR count). The Hall–Kier alpha value is -5.25. The lowest BCUT2D eigenvalue weighted by molar-refractivity contribution is -0.143. The van der Waals surface area contributed by atoms with Gasteiger partial charge >= 0.3 is 17.9 Å². The van der Waals surface area contributed by atoms with Crippen molar-refractivity contribution in [2.75, 3.05) is 0 Å². The summed E-state index contributed by atoms with van der Waals surface area (Å²) in [5.74, 6) is -6.78. The summed E-state index contributed by atoms with van der Waals surface area (Å²) in [5, 5.41) is 35.8. The second kappa shape index (κ2) is 14.4. The standard InChI is InChI=1S/C26H31N7O9/c27-16(9-22(36)37)23(38)32-19(8-14-11-28-12-30-14)25(40)31-18(5-6-21(34)35)24(39)33-20(26(41)42)7-13-10-29-17-4-2-1-3-15(13)17/h1-4,10-12,16,18-20,29H,5-9,27H2,(H,28,30)(H,31,40)(H,32,38)(H,33,39)(H,34,35)(H,36,37)(H,41,42). The normalized spacial score (nSPS) is 13.8. The number of imidazole rings is 1. The number of fused-ring (bicyclic) bond motifs is 1. The summed E-state index contributed by atoms with van der Waals surface area (Å²) in [7, 11) is 0. The molecule has 0 radical (unpaired) electrons. The van der Waals surface area contributed by atoms with Gasteiger partial charge in [0.15, 0.2) is 0 Å². The Morgan fingerprint density at radius 1 is 0.833 bits per heavy atom. The molecule has 2 aromatic heterocycles. The number of nitrogens with two attached hydrogens (primary N) is 1. The average Bonchev–Trinajstić information content (AvgIpc) is 3.59. The van der Waals surface area contributed by atoms with Gasteiger partial charge in [-0.05, 0) is 18.1 Å². The lowest BCUT2D eigenvalue weighted by atomic mass is 10.0. The molecule has 0 saturated carbocycles. The average molecular weight is 586 g/mol. The van der Waals surface area contributed by atoms with Crippen LogP contribution in [0.4, 0.5) is 0 Å². The SMILES string of the molecule is NC(CC(=O)O)C(=O)NC(Cc1cnc[nH]1)C(=O)NC(CCC(=O)O)C(=O)NC(Cc1c[nH]c2ccccc12)C(=O)O. The fourth-order valence-electron chi connectivity index (χ4n) is 4.19. The number of aliphatic carboxylic acids is 3. The molecule has 4 unspecified atom stereocenters. The highest BCUT2D eigenvalue weighted by atomic mass is 16.4. The zero-order chi connectivity index (χ0) is 30.8. The van der Waals surface area contributed by atoms with Crippen LogP contribution in [0.1, 0.15) is 30.5 Å². The van der Waals surface area contributed by atoms with Crippen molar-refractivity contribution in [2.24, 2.45) is 5.73 Å². The van der Waals surface area contributed by atoms with Gasteiger partial charge in [0.25, 0.3) is 0 Å². The zero-order valence-electron chi connectivity index (χ0n) is 22.2. The third kappa shape index (κ3) is 8.88. The number of H-pyrrole nitrogens is 2. The third-order valence-corrected chi connectivity index (χ3v) is 6.34. The van der Waals surface area contributed by atoms with Gasteiger partial charge in [0.1, 0.15) is 18.1 Å². The number of aromatic amines is 2. The summed E-state index contributed by atoms with van der Waals surface area (Å²) < 4.78 is 0. The Morgan fingerprint density at radius 2 is 1.50 bits per heavy atom.